The maximum Gasteiger partial charge on any atom is 0.274 e. The first-order valence-corrected chi connectivity index (χ1v) is 13.2. The molecule has 5 rings (SSSR count). The van der Waals surface area contributed by atoms with E-state index in [4.69, 9.17) is 5.73 Å². The van der Waals surface area contributed by atoms with E-state index in [9.17, 15) is 45.2 Å². The minimum atomic E-state index is -1.28. The molecule has 3 N–H and O–H groups in total. The van der Waals surface area contributed by atoms with Gasteiger partial charge in [-0.1, -0.05) is 30.3 Å². The molecule has 0 fully saturated rings. The van der Waals surface area contributed by atoms with Gasteiger partial charge in [-0.15, -0.1) is 11.3 Å². The molecule has 1 aliphatic heterocycles. The van der Waals surface area contributed by atoms with Gasteiger partial charge in [0.25, 0.3) is 28.5 Å². The van der Waals surface area contributed by atoms with Crippen molar-refractivity contribution in [3.05, 3.63) is 139 Å². The highest BCUT2D eigenvalue weighted by molar-refractivity contribution is 7.07. The number of carbonyl (C=O) groups is 1. The summed E-state index contributed by atoms with van der Waals surface area (Å²) in [5, 5.41) is 46.8. The molecule has 1 atom stereocenters. The molecule has 15 nitrogen and oxygen atoms in total. The number of allylic oxidation sites excluding steroid dienone is 1. The number of benzene rings is 3. The number of rotatable bonds is 7. The molecule has 2 heterocycles. The Labute approximate surface area is 249 Å². The highest BCUT2D eigenvalue weighted by Crippen LogP contribution is 2.38. The van der Waals surface area contributed by atoms with Gasteiger partial charge in [0, 0.05) is 42.1 Å². The van der Waals surface area contributed by atoms with E-state index >= 15 is 0 Å². The maximum absolute atomic E-state index is 14.0. The van der Waals surface area contributed by atoms with Crippen molar-refractivity contribution in [2.24, 2.45) is 5.73 Å². The number of thiazole rings is 1. The number of non-ortho nitro benzene ring substituents is 3. The Morgan fingerprint density at radius 1 is 0.932 bits per heavy atom. The van der Waals surface area contributed by atoms with Crippen LogP contribution >= 0.6 is 11.3 Å². The van der Waals surface area contributed by atoms with Gasteiger partial charge in [0.05, 0.1) is 42.4 Å². The first-order valence-electron chi connectivity index (χ1n) is 12.4. The highest BCUT2D eigenvalue weighted by Gasteiger charge is 2.36. The predicted octanol–water partition coefficient (Wildman–Crippen LogP) is 2.70. The van der Waals surface area contributed by atoms with Crippen LogP contribution in [0.1, 0.15) is 17.0 Å². The van der Waals surface area contributed by atoms with Crippen molar-refractivity contribution >= 4 is 57.5 Å². The Balaban J connectivity index is 1.81. The second-order valence-corrected chi connectivity index (χ2v) is 10.3. The van der Waals surface area contributed by atoms with Gasteiger partial charge in [-0.25, -0.2) is 0 Å². The maximum atomic E-state index is 14.0. The largest absolute Gasteiger partial charge is 0.384 e. The number of nitrogens with zero attached hydrogens (tertiary/aromatic N) is 5. The third-order valence-electron chi connectivity index (χ3n) is 6.62. The van der Waals surface area contributed by atoms with Crippen LogP contribution in [0.15, 0.2) is 83.2 Å². The number of nitrogens with two attached hydrogens (primary N) is 1. The number of hydrogen-bond donors (Lipinski definition) is 2. The third kappa shape index (κ3) is 5.29. The Hall–Kier alpha value is -6.47. The predicted molar refractivity (Wildman–Crippen MR) is 158 cm³/mol. The fourth-order valence-electron chi connectivity index (χ4n) is 4.69. The van der Waals surface area contributed by atoms with Crippen LogP contribution in [0.3, 0.4) is 0 Å². The molecule has 4 aromatic rings. The summed E-state index contributed by atoms with van der Waals surface area (Å²) in [6, 6.07) is 17.7. The summed E-state index contributed by atoms with van der Waals surface area (Å²) in [6.07, 6.45) is 1.36. The SMILES string of the molecule is N#CC1=C(N)n2c(s/c(=C\c3cccc([N+](=O)[O-])c3)c2=O)=C(C(=O)Nc2cccc([N+](=O)[O-])c2)C1c1cccc([N+](=O)[O-])c1. The molecule has 1 aliphatic rings. The summed E-state index contributed by atoms with van der Waals surface area (Å²) in [5.74, 6) is -2.45. The summed E-state index contributed by atoms with van der Waals surface area (Å²) in [7, 11) is 0. The molecule has 1 aromatic heterocycles. The minimum Gasteiger partial charge on any atom is -0.384 e. The van der Waals surface area contributed by atoms with Crippen molar-refractivity contribution in [3.8, 4) is 6.07 Å². The number of anilines is 1. The summed E-state index contributed by atoms with van der Waals surface area (Å²) < 4.78 is 0.964. The van der Waals surface area contributed by atoms with Crippen LogP contribution in [-0.2, 0) is 4.79 Å². The molecule has 0 radical (unpaired) electrons. The van der Waals surface area contributed by atoms with Gasteiger partial charge in [-0.2, -0.15) is 5.26 Å². The van der Waals surface area contributed by atoms with Crippen molar-refractivity contribution < 1.29 is 19.6 Å². The number of nitro groups is 3. The molecular weight excluding hydrogens is 594 g/mol. The topological polar surface area (TPSA) is 230 Å². The van der Waals surface area contributed by atoms with E-state index in [1.54, 1.807) is 0 Å². The molecule has 0 saturated carbocycles. The lowest BCUT2D eigenvalue weighted by Gasteiger charge is -2.25. The fourth-order valence-corrected chi connectivity index (χ4v) is 5.87. The first-order chi connectivity index (χ1) is 21.0. The van der Waals surface area contributed by atoms with Crippen LogP contribution < -0.4 is 25.8 Å². The van der Waals surface area contributed by atoms with Crippen LogP contribution in [0, 0.1) is 41.7 Å². The zero-order chi connectivity index (χ0) is 31.7. The quantitative estimate of drug-likeness (QED) is 0.229. The monoisotopic (exact) mass is 611 g/mol. The number of nitro benzene ring substituents is 3. The van der Waals surface area contributed by atoms with Crippen molar-refractivity contribution in [2.75, 3.05) is 5.32 Å². The lowest BCUT2D eigenvalue weighted by molar-refractivity contribution is -0.385. The standard InChI is InChI=1S/C28H17N7O8S/c29-14-21-23(16-5-2-8-19(12-16)34(40)41)24(26(36)31-17-6-3-9-20(13-17)35(42)43)28-32(25(21)30)27(37)22(44-28)11-15-4-1-7-18(10-15)33(38)39/h1-13,23H,30H2,(H,31,36)/b22-11-. The average Bonchev–Trinajstić information content (AvgIpc) is 3.32. The van der Waals surface area contributed by atoms with Crippen molar-refractivity contribution in [2.45, 2.75) is 5.92 Å². The van der Waals surface area contributed by atoms with Crippen LogP contribution in [0.5, 0.6) is 0 Å². The Morgan fingerprint density at radius 3 is 2.16 bits per heavy atom. The van der Waals surface area contributed by atoms with Gasteiger partial charge in [0.1, 0.15) is 10.5 Å². The summed E-state index contributed by atoms with van der Waals surface area (Å²) >= 11 is 0.813. The van der Waals surface area contributed by atoms with E-state index in [2.05, 4.69) is 5.32 Å². The normalized spacial score (nSPS) is 14.5. The van der Waals surface area contributed by atoms with E-state index in [0.717, 1.165) is 22.0 Å². The number of amides is 1. The minimum absolute atomic E-state index is 0.0115. The van der Waals surface area contributed by atoms with E-state index in [1.165, 1.54) is 72.8 Å². The first kappa shape index (κ1) is 29.0. The third-order valence-corrected chi connectivity index (χ3v) is 7.73. The molecule has 218 valence electrons. The molecule has 0 spiro atoms. The van der Waals surface area contributed by atoms with Gasteiger partial charge in [-0.3, -0.25) is 44.5 Å². The zero-order valence-corrected chi connectivity index (χ0v) is 22.9. The molecule has 1 unspecified atom stereocenters. The number of hydrogen-bond acceptors (Lipinski definition) is 11. The van der Waals surface area contributed by atoms with Crippen LogP contribution in [0.2, 0.25) is 0 Å². The number of carbonyl (C=O) groups excluding carboxylic acids is 1. The fraction of sp³-hybridized carbons (Fsp3) is 0.0357. The second-order valence-electron chi connectivity index (χ2n) is 9.28. The van der Waals surface area contributed by atoms with Crippen molar-refractivity contribution in [1.82, 2.24) is 4.57 Å². The zero-order valence-electron chi connectivity index (χ0n) is 22.1. The molecule has 3 aromatic carbocycles. The lowest BCUT2D eigenvalue weighted by atomic mass is 9.83. The van der Waals surface area contributed by atoms with E-state index in [-0.39, 0.29) is 54.5 Å². The second kappa shape index (κ2) is 11.4. The number of nitrogens with one attached hydrogen (secondary N) is 1. The molecule has 16 heteroatoms. The van der Waals surface area contributed by atoms with Crippen LogP contribution in [0.25, 0.3) is 17.5 Å². The Morgan fingerprint density at radius 2 is 1.52 bits per heavy atom. The van der Waals surface area contributed by atoms with Gasteiger partial charge in [0.2, 0.25) is 0 Å². The van der Waals surface area contributed by atoms with Gasteiger partial charge >= 0.3 is 0 Å². The van der Waals surface area contributed by atoms with Gasteiger partial charge in [-0.05, 0) is 23.3 Å². The summed E-state index contributed by atoms with van der Waals surface area (Å²) in [4.78, 5) is 59.8. The molecule has 0 aliphatic carbocycles. The van der Waals surface area contributed by atoms with Crippen LogP contribution in [-0.4, -0.2) is 25.2 Å². The van der Waals surface area contributed by atoms with Crippen molar-refractivity contribution in [1.29, 1.82) is 5.26 Å². The van der Waals surface area contributed by atoms with E-state index in [0.29, 0.717) is 5.56 Å². The van der Waals surface area contributed by atoms with Gasteiger partial charge < -0.3 is 11.1 Å². The van der Waals surface area contributed by atoms with E-state index in [1.807, 2.05) is 6.07 Å². The molecule has 0 saturated heterocycles. The smallest absolute Gasteiger partial charge is 0.274 e. The molecule has 1 amide bonds. The molecule has 44 heavy (non-hydrogen) atoms. The average molecular weight is 612 g/mol. The number of nitriles is 1. The van der Waals surface area contributed by atoms with E-state index < -0.39 is 32.2 Å². The van der Waals surface area contributed by atoms with Gasteiger partial charge in [0.15, 0.2) is 0 Å². The molecular formula is C28H17N7O8S. The van der Waals surface area contributed by atoms with Crippen LogP contribution in [0.4, 0.5) is 22.7 Å². The number of aromatic nitrogens is 1. The number of fused-ring (bicyclic) bond motifs is 1. The lowest BCUT2D eigenvalue weighted by Crippen LogP contribution is -2.40. The Bertz CT molecular complexity index is 2180. The van der Waals surface area contributed by atoms with Crippen molar-refractivity contribution in [3.63, 3.8) is 0 Å². The molecule has 0 bridgehead atoms. The summed E-state index contributed by atoms with van der Waals surface area (Å²) in [6.45, 7) is 0. The highest BCUT2D eigenvalue weighted by atomic mass is 32.1. The Kier molecular flexibility index (Phi) is 7.54. The summed E-state index contributed by atoms with van der Waals surface area (Å²) in [5.41, 5.74) is 4.82.